The smallest absolute Gasteiger partial charge is 0.391 e. The van der Waals surface area contributed by atoms with Gasteiger partial charge in [-0.2, -0.15) is 13.2 Å². The Balaban J connectivity index is 1.63. The molecule has 1 aliphatic heterocycles. The minimum Gasteiger partial charge on any atom is -0.496 e. The predicted molar refractivity (Wildman–Crippen MR) is 102 cm³/mol. The largest absolute Gasteiger partial charge is 0.496 e. The summed E-state index contributed by atoms with van der Waals surface area (Å²) in [5.41, 5.74) is 9.33. The third kappa shape index (κ3) is 4.66. The Morgan fingerprint density at radius 3 is 2.26 bits per heavy atom. The van der Waals surface area contributed by atoms with Crippen molar-refractivity contribution in [3.63, 3.8) is 0 Å². The minimum atomic E-state index is -4.08. The van der Waals surface area contributed by atoms with E-state index in [-0.39, 0.29) is 12.8 Å². The van der Waals surface area contributed by atoms with Gasteiger partial charge >= 0.3 is 6.18 Å². The number of nitrogens with two attached hydrogens (primary N) is 1. The Morgan fingerprint density at radius 2 is 1.70 bits per heavy atom. The molecule has 0 spiro atoms. The van der Waals surface area contributed by atoms with Gasteiger partial charge < -0.3 is 20.7 Å². The molecule has 1 heterocycles. The third-order valence-corrected chi connectivity index (χ3v) is 4.99. The Hall–Kier alpha value is -2.41. The lowest BCUT2D eigenvalue weighted by molar-refractivity contribution is -0.179. The number of ether oxygens (including phenoxy) is 1. The minimum absolute atomic E-state index is 0.150. The Morgan fingerprint density at radius 1 is 1.07 bits per heavy atom. The molecule has 1 aliphatic rings. The van der Waals surface area contributed by atoms with Crippen molar-refractivity contribution in [2.24, 2.45) is 11.7 Å². The number of hydrogen-bond acceptors (Lipinski definition) is 4. The van der Waals surface area contributed by atoms with E-state index < -0.39 is 12.1 Å². The highest BCUT2D eigenvalue weighted by Gasteiger charge is 2.41. The summed E-state index contributed by atoms with van der Waals surface area (Å²) in [6.45, 7) is 1.26. The van der Waals surface area contributed by atoms with Gasteiger partial charge in [-0.1, -0.05) is 6.07 Å². The molecule has 0 bridgehead atoms. The quantitative estimate of drug-likeness (QED) is 0.792. The molecule has 0 amide bonds. The van der Waals surface area contributed by atoms with E-state index in [0.717, 1.165) is 28.4 Å². The first kappa shape index (κ1) is 19.4. The topological polar surface area (TPSA) is 50.5 Å². The SMILES string of the molecule is COc1cc(Nc2ccc(N3CCC(C(F)(F)F)CC3)cc2)ccc1CN. The second kappa shape index (κ2) is 8.08. The van der Waals surface area contributed by atoms with Crippen molar-refractivity contribution in [3.8, 4) is 5.75 Å². The predicted octanol–water partition coefficient (Wildman–Crippen LogP) is 4.68. The Bertz CT molecular complexity index is 754. The molecule has 4 nitrogen and oxygen atoms in total. The monoisotopic (exact) mass is 379 g/mol. The van der Waals surface area contributed by atoms with Crippen LogP contribution in [0.3, 0.4) is 0 Å². The van der Waals surface area contributed by atoms with E-state index in [9.17, 15) is 13.2 Å². The van der Waals surface area contributed by atoms with Crippen LogP contribution in [0.1, 0.15) is 18.4 Å². The van der Waals surface area contributed by atoms with Crippen molar-refractivity contribution in [2.75, 3.05) is 30.4 Å². The number of piperidine rings is 1. The van der Waals surface area contributed by atoms with E-state index in [4.69, 9.17) is 10.5 Å². The normalized spacial score (nSPS) is 15.7. The van der Waals surface area contributed by atoms with Gasteiger partial charge in [0.1, 0.15) is 5.75 Å². The highest BCUT2D eigenvalue weighted by Crippen LogP contribution is 2.35. The molecule has 3 N–H and O–H groups in total. The maximum atomic E-state index is 12.8. The first-order valence-electron chi connectivity index (χ1n) is 8.96. The van der Waals surface area contributed by atoms with E-state index in [1.807, 2.05) is 47.4 Å². The van der Waals surface area contributed by atoms with E-state index in [0.29, 0.717) is 19.6 Å². The molecule has 2 aromatic carbocycles. The molecule has 2 aromatic rings. The van der Waals surface area contributed by atoms with Gasteiger partial charge in [-0.05, 0) is 43.2 Å². The number of anilines is 3. The Kier molecular flexibility index (Phi) is 5.79. The fourth-order valence-electron chi connectivity index (χ4n) is 3.38. The summed E-state index contributed by atoms with van der Waals surface area (Å²) in [7, 11) is 1.61. The van der Waals surface area contributed by atoms with Crippen molar-refractivity contribution in [1.29, 1.82) is 0 Å². The average molecular weight is 379 g/mol. The molecule has 3 rings (SSSR count). The zero-order chi connectivity index (χ0) is 19.4. The van der Waals surface area contributed by atoms with Crippen molar-refractivity contribution >= 4 is 17.1 Å². The summed E-state index contributed by atoms with van der Waals surface area (Å²) >= 11 is 0. The fraction of sp³-hybridized carbons (Fsp3) is 0.400. The summed E-state index contributed by atoms with van der Waals surface area (Å²) in [6.07, 6.45) is -3.78. The first-order valence-corrected chi connectivity index (χ1v) is 8.96. The van der Waals surface area contributed by atoms with Gasteiger partial charge in [0.05, 0.1) is 13.0 Å². The zero-order valence-electron chi connectivity index (χ0n) is 15.2. The molecule has 0 unspecified atom stereocenters. The molecule has 1 saturated heterocycles. The van der Waals surface area contributed by atoms with Crippen molar-refractivity contribution in [1.82, 2.24) is 0 Å². The van der Waals surface area contributed by atoms with Crippen LogP contribution in [-0.4, -0.2) is 26.4 Å². The van der Waals surface area contributed by atoms with Crippen molar-refractivity contribution in [2.45, 2.75) is 25.6 Å². The van der Waals surface area contributed by atoms with E-state index in [1.165, 1.54) is 0 Å². The first-order chi connectivity index (χ1) is 12.9. The van der Waals surface area contributed by atoms with Crippen LogP contribution in [0.25, 0.3) is 0 Å². The number of nitrogens with one attached hydrogen (secondary N) is 1. The van der Waals surface area contributed by atoms with Gasteiger partial charge in [0.15, 0.2) is 0 Å². The molecule has 1 fully saturated rings. The number of alkyl halides is 3. The zero-order valence-corrected chi connectivity index (χ0v) is 15.2. The number of benzene rings is 2. The van der Waals surface area contributed by atoms with Crippen LogP contribution in [0, 0.1) is 5.92 Å². The summed E-state index contributed by atoms with van der Waals surface area (Å²) in [4.78, 5) is 2.01. The maximum Gasteiger partial charge on any atom is 0.391 e. The summed E-state index contributed by atoms with van der Waals surface area (Å²) in [5.74, 6) is -0.451. The van der Waals surface area contributed by atoms with Crippen LogP contribution in [0.2, 0.25) is 0 Å². The molecule has 0 aromatic heterocycles. The van der Waals surface area contributed by atoms with Gasteiger partial charge in [0, 0.05) is 48.3 Å². The molecule has 146 valence electrons. The number of halogens is 3. The molecular weight excluding hydrogens is 355 g/mol. The second-order valence-corrected chi connectivity index (χ2v) is 6.71. The molecule has 27 heavy (non-hydrogen) atoms. The standard InChI is InChI=1S/C20H24F3N3O/c1-27-19-12-17(3-2-14(19)13-24)25-16-4-6-18(7-5-16)26-10-8-15(9-11-26)20(21,22)23/h2-7,12,15,25H,8-11,13,24H2,1H3. The van der Waals surface area contributed by atoms with Crippen LogP contribution in [-0.2, 0) is 6.54 Å². The molecule has 7 heteroatoms. The highest BCUT2D eigenvalue weighted by molar-refractivity contribution is 5.64. The molecular formula is C20H24F3N3O. The van der Waals surface area contributed by atoms with Gasteiger partial charge in [0.2, 0.25) is 0 Å². The van der Waals surface area contributed by atoms with E-state index in [2.05, 4.69) is 5.32 Å². The van der Waals surface area contributed by atoms with Crippen LogP contribution < -0.4 is 20.7 Å². The van der Waals surface area contributed by atoms with Crippen LogP contribution >= 0.6 is 0 Å². The maximum absolute atomic E-state index is 12.8. The number of methoxy groups -OCH3 is 1. The fourth-order valence-corrected chi connectivity index (χ4v) is 3.38. The Labute approximate surface area is 157 Å². The number of nitrogens with zero attached hydrogens (tertiary/aromatic N) is 1. The summed E-state index contributed by atoms with van der Waals surface area (Å²) < 4.78 is 43.7. The van der Waals surface area contributed by atoms with Gasteiger partial charge in [-0.3, -0.25) is 0 Å². The summed E-state index contributed by atoms with van der Waals surface area (Å²) in [6, 6.07) is 13.4. The summed E-state index contributed by atoms with van der Waals surface area (Å²) in [5, 5.41) is 3.30. The van der Waals surface area contributed by atoms with Gasteiger partial charge in [0.25, 0.3) is 0 Å². The number of rotatable bonds is 5. The van der Waals surface area contributed by atoms with Gasteiger partial charge in [-0.25, -0.2) is 0 Å². The lowest BCUT2D eigenvalue weighted by Gasteiger charge is -2.34. The molecule has 0 atom stereocenters. The van der Waals surface area contributed by atoms with Crippen molar-refractivity contribution < 1.29 is 17.9 Å². The number of hydrogen-bond donors (Lipinski definition) is 2. The average Bonchev–Trinajstić information content (AvgIpc) is 2.68. The lowest BCUT2D eigenvalue weighted by atomic mass is 9.96. The van der Waals surface area contributed by atoms with Gasteiger partial charge in [-0.15, -0.1) is 0 Å². The second-order valence-electron chi connectivity index (χ2n) is 6.71. The molecule has 0 aliphatic carbocycles. The highest BCUT2D eigenvalue weighted by atomic mass is 19.4. The van der Waals surface area contributed by atoms with Crippen molar-refractivity contribution in [3.05, 3.63) is 48.0 Å². The van der Waals surface area contributed by atoms with Crippen LogP contribution in [0.5, 0.6) is 5.75 Å². The van der Waals surface area contributed by atoms with Crippen LogP contribution in [0.4, 0.5) is 30.2 Å². The molecule has 0 radical (unpaired) electrons. The van der Waals surface area contributed by atoms with E-state index in [1.54, 1.807) is 7.11 Å². The lowest BCUT2D eigenvalue weighted by Crippen LogP contribution is -2.38. The molecule has 0 saturated carbocycles. The van der Waals surface area contributed by atoms with E-state index >= 15 is 0 Å². The van der Waals surface area contributed by atoms with Crippen LogP contribution in [0.15, 0.2) is 42.5 Å². The third-order valence-electron chi connectivity index (χ3n) is 4.99.